The molecule has 0 amide bonds. The summed E-state index contributed by atoms with van der Waals surface area (Å²) in [5, 5.41) is 0. The minimum atomic E-state index is -5.17. The molecule has 0 aliphatic carbocycles. The van der Waals surface area contributed by atoms with Crippen LogP contribution in [0.3, 0.4) is 0 Å². The van der Waals surface area contributed by atoms with Gasteiger partial charge in [0, 0.05) is 6.42 Å². The van der Waals surface area contributed by atoms with Crippen LogP contribution in [0.15, 0.2) is 12.2 Å². The fourth-order valence-electron chi connectivity index (χ4n) is 2.51. The van der Waals surface area contributed by atoms with Crippen molar-refractivity contribution in [2.75, 3.05) is 0 Å². The van der Waals surface area contributed by atoms with Gasteiger partial charge >= 0.3 is 65.1 Å². The van der Waals surface area contributed by atoms with Crippen LogP contribution in [-0.4, -0.2) is 5.97 Å². The molecule has 0 rings (SSSR count). The number of rotatable bonds is 16. The summed E-state index contributed by atoms with van der Waals surface area (Å²) in [6.45, 7) is 2.23. The van der Waals surface area contributed by atoms with E-state index in [2.05, 4.69) is 23.6 Å². The topological polar surface area (TPSA) is 89.5 Å². The minimum absolute atomic E-state index is 0. The zero-order chi connectivity index (χ0) is 18.1. The summed E-state index contributed by atoms with van der Waals surface area (Å²) in [4.78, 5) is 31.4. The van der Waals surface area contributed by atoms with E-state index < -0.39 is 13.8 Å². The first-order valence-electron chi connectivity index (χ1n) is 9.35. The smallest absolute Gasteiger partial charge is 0.780 e. The summed E-state index contributed by atoms with van der Waals surface area (Å²) in [5.41, 5.74) is 0. The van der Waals surface area contributed by atoms with E-state index in [0.29, 0.717) is 6.42 Å². The van der Waals surface area contributed by atoms with E-state index in [1.54, 1.807) is 0 Å². The summed E-state index contributed by atoms with van der Waals surface area (Å²) in [7, 11) is -5.17. The van der Waals surface area contributed by atoms with Crippen LogP contribution in [0.25, 0.3) is 0 Å². The third-order valence-corrected chi connectivity index (χ3v) is 4.28. The van der Waals surface area contributed by atoms with Gasteiger partial charge in [0.25, 0.3) is 0 Å². The molecule has 0 spiro atoms. The van der Waals surface area contributed by atoms with Crippen LogP contribution in [0, 0.1) is 0 Å². The summed E-state index contributed by atoms with van der Waals surface area (Å²) in [5.74, 6) is -0.944. The van der Waals surface area contributed by atoms with Gasteiger partial charge in [-0.15, -0.1) is 0 Å². The summed E-state index contributed by atoms with van der Waals surface area (Å²) >= 11 is 0. The summed E-state index contributed by atoms with van der Waals surface area (Å²) < 4.78 is 14.0. The van der Waals surface area contributed by atoms with Crippen LogP contribution in [0.1, 0.15) is 96.8 Å². The van der Waals surface area contributed by atoms with Gasteiger partial charge in [-0.3, -0.25) is 4.79 Å². The average Bonchev–Trinajstić information content (AvgIpc) is 2.49. The molecule has 0 aromatic rings. The molecule has 0 aromatic heterocycles. The molecule has 142 valence electrons. The van der Waals surface area contributed by atoms with Crippen molar-refractivity contribution in [3.63, 3.8) is 0 Å². The largest absolute Gasteiger partial charge is 1.00 e. The number of carbonyl (C=O) groups excluding carboxylic acids is 1. The maximum atomic E-state index is 11.0. The number of carbonyl (C=O) groups is 1. The third kappa shape index (κ3) is 27.6. The van der Waals surface area contributed by atoms with Crippen LogP contribution in [-0.2, 0) is 13.9 Å². The Bertz CT molecular complexity index is 386. The second-order valence-corrected chi connectivity index (χ2v) is 7.32. The van der Waals surface area contributed by atoms with Gasteiger partial charge in [-0.1, -0.05) is 70.4 Å². The number of allylic oxidation sites excluding steroid dienone is 2. The average molecular weight is 406 g/mol. The molecule has 8 heteroatoms. The predicted octanol–water partition coefficient (Wildman–Crippen LogP) is -1.60. The molecule has 0 aromatic carbocycles. The van der Waals surface area contributed by atoms with E-state index in [-0.39, 0.29) is 65.5 Å². The first kappa shape index (κ1) is 32.0. The van der Waals surface area contributed by atoms with E-state index in [4.69, 9.17) is 0 Å². The molecule has 0 unspecified atom stereocenters. The zero-order valence-electron chi connectivity index (χ0n) is 17.0. The SMILES string of the molecule is CCCCCCCCC=CCCCCCCCC(=O)OP(=O)([O-])[O-].[Na+].[Na+]. The van der Waals surface area contributed by atoms with Gasteiger partial charge in [0.05, 0.1) is 0 Å². The second kappa shape index (κ2) is 22.6. The van der Waals surface area contributed by atoms with Crippen molar-refractivity contribution in [3.8, 4) is 0 Å². The Kier molecular flexibility index (Phi) is 27.9. The molecule has 5 nitrogen and oxygen atoms in total. The monoisotopic (exact) mass is 406 g/mol. The molecule has 0 bridgehead atoms. The number of hydrogen-bond acceptors (Lipinski definition) is 5. The van der Waals surface area contributed by atoms with Crippen molar-refractivity contribution in [3.05, 3.63) is 12.2 Å². The van der Waals surface area contributed by atoms with E-state index in [9.17, 15) is 19.1 Å². The molecule has 0 fully saturated rings. The fourth-order valence-corrected chi connectivity index (χ4v) is 2.85. The number of phosphoric ester groups is 1. The van der Waals surface area contributed by atoms with Crippen LogP contribution in [0.2, 0.25) is 0 Å². The Labute approximate surface area is 203 Å². The molecule has 0 aliphatic rings. The molecule has 0 N–H and O–H groups in total. The Morgan fingerprint density at radius 3 is 1.69 bits per heavy atom. The van der Waals surface area contributed by atoms with Gasteiger partial charge < -0.3 is 18.9 Å². The molecule has 0 atom stereocenters. The van der Waals surface area contributed by atoms with Gasteiger partial charge in [-0.25, -0.2) is 0 Å². The van der Waals surface area contributed by atoms with Crippen molar-refractivity contribution in [1.82, 2.24) is 0 Å². The molecule has 0 heterocycles. The number of unbranched alkanes of at least 4 members (excludes halogenated alkanes) is 11. The van der Waals surface area contributed by atoms with Gasteiger partial charge in [0.1, 0.15) is 7.82 Å². The maximum Gasteiger partial charge on any atom is 1.00 e. The standard InChI is InChI=1S/C18H35O5P.2Na/c1-2-3-4-5-6-7-8-9-10-11-12-13-14-15-16-17-18(19)23-24(20,21)22;;/h9-10H,2-8,11-17H2,1H3,(H2,20,21,22);;/q;2*+1/p-2. The third-order valence-electron chi connectivity index (χ3n) is 3.86. The number of phosphoric acid groups is 1. The molecular weight excluding hydrogens is 373 g/mol. The Morgan fingerprint density at radius 2 is 1.23 bits per heavy atom. The van der Waals surface area contributed by atoms with Gasteiger partial charge in [0.2, 0.25) is 0 Å². The first-order chi connectivity index (χ1) is 11.5. The fraction of sp³-hybridized carbons (Fsp3) is 0.833. The normalized spacial score (nSPS) is 11.0. The van der Waals surface area contributed by atoms with Crippen molar-refractivity contribution in [1.29, 1.82) is 0 Å². The van der Waals surface area contributed by atoms with Gasteiger partial charge in [0.15, 0.2) is 0 Å². The summed E-state index contributed by atoms with van der Waals surface area (Å²) in [6, 6.07) is 0. The van der Waals surface area contributed by atoms with Crippen molar-refractivity contribution in [2.24, 2.45) is 0 Å². The zero-order valence-corrected chi connectivity index (χ0v) is 21.9. The maximum absolute atomic E-state index is 11.0. The van der Waals surface area contributed by atoms with Gasteiger partial charge in [-0.2, -0.15) is 0 Å². The Hall–Kier alpha value is 1.36. The molecule has 0 saturated heterocycles. The Balaban J connectivity index is -0.00000264. The van der Waals surface area contributed by atoms with Crippen LogP contribution in [0.4, 0.5) is 0 Å². The molecule has 0 aliphatic heterocycles. The summed E-state index contributed by atoms with van der Waals surface area (Å²) in [6.07, 6.45) is 19.4. The minimum Gasteiger partial charge on any atom is -0.780 e. The van der Waals surface area contributed by atoms with Gasteiger partial charge in [-0.05, 0) is 32.1 Å². The quantitative estimate of drug-likeness (QED) is 0.133. The molecule has 0 saturated carbocycles. The molecule has 0 radical (unpaired) electrons. The van der Waals surface area contributed by atoms with Crippen molar-refractivity contribution < 1.29 is 82.8 Å². The van der Waals surface area contributed by atoms with Crippen LogP contribution in [0.5, 0.6) is 0 Å². The molecule has 26 heavy (non-hydrogen) atoms. The molecular formula is C18H33Na2O5P. The Morgan fingerprint density at radius 1 is 0.808 bits per heavy atom. The second-order valence-electron chi connectivity index (χ2n) is 6.24. The van der Waals surface area contributed by atoms with E-state index >= 15 is 0 Å². The first-order valence-corrected chi connectivity index (χ1v) is 10.8. The predicted molar refractivity (Wildman–Crippen MR) is 93.2 cm³/mol. The van der Waals surface area contributed by atoms with E-state index in [1.807, 2.05) is 0 Å². The van der Waals surface area contributed by atoms with E-state index in [1.165, 1.54) is 44.9 Å². The number of hydrogen-bond donors (Lipinski definition) is 0. The van der Waals surface area contributed by atoms with Crippen LogP contribution >= 0.6 is 7.82 Å². The van der Waals surface area contributed by atoms with E-state index in [0.717, 1.165) is 32.1 Å². The van der Waals surface area contributed by atoms with Crippen molar-refractivity contribution >= 4 is 13.8 Å². The van der Waals surface area contributed by atoms with Crippen LogP contribution < -0.4 is 68.9 Å². The van der Waals surface area contributed by atoms with Crippen molar-refractivity contribution in [2.45, 2.75) is 96.8 Å².